The zero-order chi connectivity index (χ0) is 17.2. The summed E-state index contributed by atoms with van der Waals surface area (Å²) in [5, 5.41) is 0. The standard InChI is InChI=1S/C14H16BrNO6S/c1-16(21-2)23(19,20)9-6-7-11(15)10(8-9)14(18)22-13-5-3-4-12(13)17/h6-8,13H,3-5H2,1-2H3/t13-/m1/s1. The normalized spacial score (nSPS) is 18.4. The molecule has 0 aliphatic heterocycles. The van der Waals surface area contributed by atoms with Crippen molar-refractivity contribution in [1.29, 1.82) is 0 Å². The topological polar surface area (TPSA) is 90.0 Å². The van der Waals surface area contributed by atoms with Crippen LogP contribution < -0.4 is 0 Å². The van der Waals surface area contributed by atoms with E-state index >= 15 is 0 Å². The van der Waals surface area contributed by atoms with Crippen molar-refractivity contribution in [2.45, 2.75) is 30.3 Å². The lowest BCUT2D eigenvalue weighted by atomic mass is 10.2. The van der Waals surface area contributed by atoms with Crippen molar-refractivity contribution in [2.75, 3.05) is 14.2 Å². The first kappa shape index (κ1) is 18.1. The predicted molar refractivity (Wildman–Crippen MR) is 84.2 cm³/mol. The molecule has 0 radical (unpaired) electrons. The van der Waals surface area contributed by atoms with E-state index in [4.69, 9.17) is 9.57 Å². The van der Waals surface area contributed by atoms with Crippen LogP contribution >= 0.6 is 15.9 Å². The monoisotopic (exact) mass is 405 g/mol. The molecule has 0 saturated heterocycles. The number of esters is 1. The Bertz CT molecular complexity index is 733. The third-order valence-electron chi connectivity index (χ3n) is 3.55. The molecule has 0 bridgehead atoms. The van der Waals surface area contributed by atoms with Crippen LogP contribution in [-0.2, 0) is 24.4 Å². The number of rotatable bonds is 5. The highest BCUT2D eigenvalue weighted by Gasteiger charge is 2.30. The average molecular weight is 406 g/mol. The minimum atomic E-state index is -3.88. The molecule has 126 valence electrons. The van der Waals surface area contributed by atoms with E-state index < -0.39 is 22.1 Å². The Morgan fingerprint density at radius 1 is 1.39 bits per heavy atom. The number of ketones is 1. The molecule has 1 aliphatic rings. The Labute approximate surface area is 142 Å². The number of halogens is 1. The summed E-state index contributed by atoms with van der Waals surface area (Å²) in [5.41, 5.74) is 0.0373. The number of benzene rings is 1. The average Bonchev–Trinajstić information content (AvgIpc) is 2.91. The van der Waals surface area contributed by atoms with Crippen LogP contribution in [0.15, 0.2) is 27.6 Å². The van der Waals surface area contributed by atoms with Crippen LogP contribution in [0.4, 0.5) is 0 Å². The molecule has 2 rings (SSSR count). The summed E-state index contributed by atoms with van der Waals surface area (Å²) in [6, 6.07) is 3.96. The maximum Gasteiger partial charge on any atom is 0.340 e. The second kappa shape index (κ2) is 7.08. The first-order valence-electron chi connectivity index (χ1n) is 6.83. The van der Waals surface area contributed by atoms with E-state index in [2.05, 4.69) is 15.9 Å². The van der Waals surface area contributed by atoms with Crippen LogP contribution in [0.3, 0.4) is 0 Å². The molecular formula is C14H16BrNO6S. The fraction of sp³-hybridized carbons (Fsp3) is 0.429. The van der Waals surface area contributed by atoms with E-state index in [0.29, 0.717) is 28.2 Å². The van der Waals surface area contributed by atoms with E-state index in [1.54, 1.807) is 0 Å². The Morgan fingerprint density at radius 2 is 2.09 bits per heavy atom. The van der Waals surface area contributed by atoms with Gasteiger partial charge in [0, 0.05) is 17.9 Å². The quantitative estimate of drug-likeness (QED) is 0.548. The van der Waals surface area contributed by atoms with Crippen LogP contribution in [-0.4, -0.2) is 44.9 Å². The third kappa shape index (κ3) is 3.79. The highest BCUT2D eigenvalue weighted by atomic mass is 79.9. The number of sulfonamides is 1. The number of hydroxylamine groups is 1. The molecule has 9 heteroatoms. The minimum Gasteiger partial charge on any atom is -0.451 e. The maximum absolute atomic E-state index is 12.2. The number of ether oxygens (including phenoxy) is 1. The molecule has 0 aromatic heterocycles. The van der Waals surface area contributed by atoms with Crippen molar-refractivity contribution < 1.29 is 27.6 Å². The number of hydrogen-bond acceptors (Lipinski definition) is 6. The Balaban J connectivity index is 2.30. The van der Waals surface area contributed by atoms with Crippen LogP contribution in [0, 0.1) is 0 Å². The molecule has 1 aromatic carbocycles. The van der Waals surface area contributed by atoms with Gasteiger partial charge in [0.1, 0.15) is 0 Å². The van der Waals surface area contributed by atoms with Gasteiger partial charge in [0.2, 0.25) is 0 Å². The SMILES string of the molecule is CON(C)S(=O)(=O)c1ccc(Br)c(C(=O)O[C@@H]2CCCC2=O)c1. The van der Waals surface area contributed by atoms with Crippen LogP contribution in [0.1, 0.15) is 29.6 Å². The molecule has 0 spiro atoms. The molecule has 0 N–H and O–H groups in total. The summed E-state index contributed by atoms with van der Waals surface area (Å²) < 4.78 is 30.7. The van der Waals surface area contributed by atoms with Crippen LogP contribution in [0.2, 0.25) is 0 Å². The maximum atomic E-state index is 12.2. The highest BCUT2D eigenvalue weighted by Crippen LogP contribution is 2.26. The van der Waals surface area contributed by atoms with Crippen molar-refractivity contribution in [3.8, 4) is 0 Å². The smallest absolute Gasteiger partial charge is 0.340 e. The van der Waals surface area contributed by atoms with Gasteiger partial charge in [-0.05, 0) is 47.0 Å². The molecular weight excluding hydrogens is 390 g/mol. The fourth-order valence-corrected chi connectivity index (χ4v) is 3.58. The molecule has 23 heavy (non-hydrogen) atoms. The summed E-state index contributed by atoms with van der Waals surface area (Å²) in [7, 11) is -1.42. The number of carbonyl (C=O) groups excluding carboxylic acids is 2. The number of carbonyl (C=O) groups is 2. The lowest BCUT2D eigenvalue weighted by Crippen LogP contribution is -2.26. The lowest BCUT2D eigenvalue weighted by molar-refractivity contribution is -0.124. The van der Waals surface area contributed by atoms with Crippen molar-refractivity contribution in [2.24, 2.45) is 0 Å². The summed E-state index contributed by atoms with van der Waals surface area (Å²) in [6.45, 7) is 0. The van der Waals surface area contributed by atoms with Gasteiger partial charge in [-0.25, -0.2) is 13.2 Å². The van der Waals surface area contributed by atoms with Gasteiger partial charge in [-0.3, -0.25) is 9.63 Å². The Hall–Kier alpha value is -1.29. The number of nitrogens with zero attached hydrogens (tertiary/aromatic N) is 1. The van der Waals surface area contributed by atoms with E-state index in [-0.39, 0.29) is 16.2 Å². The Morgan fingerprint density at radius 3 is 2.65 bits per heavy atom. The van der Waals surface area contributed by atoms with E-state index in [0.717, 1.165) is 0 Å². The second-order valence-corrected chi connectivity index (χ2v) is 7.78. The second-order valence-electron chi connectivity index (χ2n) is 4.99. The predicted octanol–water partition coefficient (Wildman–Crippen LogP) is 1.91. The highest BCUT2D eigenvalue weighted by molar-refractivity contribution is 9.10. The van der Waals surface area contributed by atoms with Gasteiger partial charge in [0.25, 0.3) is 10.0 Å². The van der Waals surface area contributed by atoms with E-state index in [1.165, 1.54) is 32.4 Å². The molecule has 0 heterocycles. The van der Waals surface area contributed by atoms with Gasteiger partial charge in [0.05, 0.1) is 17.6 Å². The summed E-state index contributed by atoms with van der Waals surface area (Å²) in [5.74, 6) is -0.855. The minimum absolute atomic E-state index is 0.0373. The van der Waals surface area contributed by atoms with E-state index in [1.807, 2.05) is 0 Å². The van der Waals surface area contributed by atoms with Gasteiger partial charge in [0.15, 0.2) is 11.9 Å². The van der Waals surface area contributed by atoms with Crippen LogP contribution in [0.25, 0.3) is 0 Å². The molecule has 1 saturated carbocycles. The molecule has 1 fully saturated rings. The molecule has 1 aliphatic carbocycles. The van der Waals surface area contributed by atoms with Crippen molar-refractivity contribution >= 4 is 37.7 Å². The van der Waals surface area contributed by atoms with Gasteiger partial charge < -0.3 is 4.74 Å². The number of Topliss-reactive ketones (excluding diaryl/α,β-unsaturated/α-hetero) is 1. The Kier molecular flexibility index (Phi) is 5.56. The molecule has 0 unspecified atom stereocenters. The lowest BCUT2D eigenvalue weighted by Gasteiger charge is -2.16. The molecule has 1 atom stereocenters. The first-order valence-corrected chi connectivity index (χ1v) is 9.07. The molecule has 0 amide bonds. The zero-order valence-corrected chi connectivity index (χ0v) is 15.0. The third-order valence-corrected chi connectivity index (χ3v) is 5.92. The van der Waals surface area contributed by atoms with Gasteiger partial charge in [-0.2, -0.15) is 0 Å². The van der Waals surface area contributed by atoms with Gasteiger partial charge >= 0.3 is 5.97 Å². The zero-order valence-electron chi connectivity index (χ0n) is 12.6. The summed E-state index contributed by atoms with van der Waals surface area (Å²) >= 11 is 3.19. The van der Waals surface area contributed by atoms with Crippen molar-refractivity contribution in [3.05, 3.63) is 28.2 Å². The van der Waals surface area contributed by atoms with Gasteiger partial charge in [-0.15, -0.1) is 0 Å². The van der Waals surface area contributed by atoms with Crippen molar-refractivity contribution in [1.82, 2.24) is 4.47 Å². The largest absolute Gasteiger partial charge is 0.451 e. The van der Waals surface area contributed by atoms with Gasteiger partial charge in [-0.1, -0.05) is 4.47 Å². The van der Waals surface area contributed by atoms with E-state index in [9.17, 15) is 18.0 Å². The van der Waals surface area contributed by atoms with Crippen molar-refractivity contribution in [3.63, 3.8) is 0 Å². The summed E-state index contributed by atoms with van der Waals surface area (Å²) in [4.78, 5) is 28.4. The first-order chi connectivity index (χ1) is 10.8. The van der Waals surface area contributed by atoms with Crippen LogP contribution in [0.5, 0.6) is 0 Å². The number of hydrogen-bond donors (Lipinski definition) is 0. The summed E-state index contributed by atoms with van der Waals surface area (Å²) in [6.07, 6.45) is 0.820. The molecule has 7 nitrogen and oxygen atoms in total. The fourth-order valence-electron chi connectivity index (χ4n) is 2.17. The molecule has 1 aromatic rings.